The first kappa shape index (κ1) is 20.6. The average molecular weight is 410 g/mol. The molecular formula is C24H28FN3O2. The number of aliphatic hydroxyl groups is 1. The van der Waals surface area contributed by atoms with E-state index in [1.165, 1.54) is 12.1 Å². The molecule has 0 saturated heterocycles. The van der Waals surface area contributed by atoms with Gasteiger partial charge in [-0.1, -0.05) is 18.6 Å². The molecule has 2 unspecified atom stereocenters. The van der Waals surface area contributed by atoms with Crippen LogP contribution in [0.5, 0.6) is 5.75 Å². The highest BCUT2D eigenvalue weighted by Crippen LogP contribution is 2.41. The molecule has 4 rings (SSSR count). The number of hydrogen-bond acceptors (Lipinski definition) is 4. The van der Waals surface area contributed by atoms with Gasteiger partial charge >= 0.3 is 0 Å². The van der Waals surface area contributed by atoms with E-state index in [0.717, 1.165) is 53.8 Å². The Morgan fingerprint density at radius 2 is 1.97 bits per heavy atom. The summed E-state index contributed by atoms with van der Waals surface area (Å²) >= 11 is 0. The molecule has 1 aliphatic rings. The van der Waals surface area contributed by atoms with E-state index in [1.54, 1.807) is 7.11 Å². The number of nitrogens with one attached hydrogen (secondary N) is 2. The van der Waals surface area contributed by atoms with E-state index in [4.69, 9.17) is 4.74 Å². The first-order valence-electron chi connectivity index (χ1n) is 10.4. The number of hydrogen-bond donors (Lipinski definition) is 3. The number of ether oxygens (including phenoxy) is 1. The molecular weight excluding hydrogens is 381 g/mol. The van der Waals surface area contributed by atoms with Crippen molar-refractivity contribution < 1.29 is 14.2 Å². The highest BCUT2D eigenvalue weighted by molar-refractivity contribution is 5.63. The number of aliphatic hydroxyl groups excluding tert-OH is 1. The first-order chi connectivity index (χ1) is 14.6. The van der Waals surface area contributed by atoms with E-state index in [9.17, 15) is 9.50 Å². The Morgan fingerprint density at radius 1 is 1.20 bits per heavy atom. The van der Waals surface area contributed by atoms with Crippen molar-refractivity contribution in [2.75, 3.05) is 13.7 Å². The molecule has 1 fully saturated rings. The molecule has 1 heterocycles. The molecule has 30 heavy (non-hydrogen) atoms. The first-order valence-corrected chi connectivity index (χ1v) is 10.4. The Labute approximate surface area is 176 Å². The highest BCUT2D eigenvalue weighted by atomic mass is 19.1. The second kappa shape index (κ2) is 8.98. The molecule has 2 atom stereocenters. The Morgan fingerprint density at radius 3 is 2.63 bits per heavy atom. The summed E-state index contributed by atoms with van der Waals surface area (Å²) < 4.78 is 18.5. The maximum absolute atomic E-state index is 13.3. The smallest absolute Gasteiger partial charge is 0.123 e. The van der Waals surface area contributed by atoms with Crippen LogP contribution in [0.2, 0.25) is 0 Å². The third kappa shape index (κ3) is 4.40. The lowest BCUT2D eigenvalue weighted by Gasteiger charge is -2.33. The molecule has 6 heteroatoms. The molecule has 0 aliphatic heterocycles. The fraction of sp³-hybridized carbons (Fsp3) is 0.375. The van der Waals surface area contributed by atoms with Crippen LogP contribution in [-0.2, 0) is 13.0 Å². The number of halogens is 1. The number of nitrogens with zero attached hydrogens (tertiary/aromatic N) is 1. The lowest BCUT2D eigenvalue weighted by Crippen LogP contribution is -2.41. The van der Waals surface area contributed by atoms with Gasteiger partial charge in [-0.05, 0) is 61.2 Å². The molecule has 3 N–H and O–H groups in total. The van der Waals surface area contributed by atoms with Gasteiger partial charge < -0.3 is 15.2 Å². The van der Waals surface area contributed by atoms with Gasteiger partial charge in [-0.3, -0.25) is 5.10 Å². The van der Waals surface area contributed by atoms with Crippen molar-refractivity contribution in [3.05, 3.63) is 71.7 Å². The SMILES string of the molecule is COc1ccc(-c2[nH]ncc2CNCC2(Cc3ccc(F)cc3)CCCC2O)cc1. The van der Waals surface area contributed by atoms with E-state index in [1.807, 2.05) is 42.6 Å². The van der Waals surface area contributed by atoms with E-state index >= 15 is 0 Å². The predicted octanol–water partition coefficient (Wildman–Crippen LogP) is 4.09. The van der Waals surface area contributed by atoms with Gasteiger partial charge in [0.1, 0.15) is 11.6 Å². The fourth-order valence-electron chi connectivity index (χ4n) is 4.50. The third-order valence-corrected chi connectivity index (χ3v) is 6.22. The molecule has 3 aromatic rings. The maximum atomic E-state index is 13.3. The van der Waals surface area contributed by atoms with Gasteiger partial charge in [0.05, 0.1) is 25.1 Å². The molecule has 0 bridgehead atoms. The standard InChI is InChI=1S/C24H28FN3O2/c1-30-21-10-6-18(7-11-21)23-19(15-27-28-23)14-26-16-24(12-2-3-22(24)29)13-17-4-8-20(25)9-5-17/h4-11,15,22,26,29H,2-3,12-14,16H2,1H3,(H,27,28). The molecule has 0 spiro atoms. The fourth-order valence-corrected chi connectivity index (χ4v) is 4.50. The summed E-state index contributed by atoms with van der Waals surface area (Å²) in [6.07, 6.45) is 4.98. The Bertz CT molecular complexity index is 955. The van der Waals surface area contributed by atoms with Gasteiger partial charge in [0.2, 0.25) is 0 Å². The minimum atomic E-state index is -0.361. The number of benzene rings is 2. The van der Waals surface area contributed by atoms with Crippen LogP contribution in [0.25, 0.3) is 11.3 Å². The van der Waals surface area contributed by atoms with Crippen LogP contribution in [-0.4, -0.2) is 35.1 Å². The van der Waals surface area contributed by atoms with E-state index in [0.29, 0.717) is 13.1 Å². The summed E-state index contributed by atoms with van der Waals surface area (Å²) in [5.74, 6) is 0.583. The van der Waals surface area contributed by atoms with Gasteiger partial charge in [-0.25, -0.2) is 4.39 Å². The zero-order valence-corrected chi connectivity index (χ0v) is 17.2. The minimum absolute atomic E-state index is 0.232. The largest absolute Gasteiger partial charge is 0.497 e. The number of H-pyrrole nitrogens is 1. The van der Waals surface area contributed by atoms with Crippen molar-refractivity contribution in [1.29, 1.82) is 0 Å². The normalized spacial score (nSPS) is 21.1. The van der Waals surface area contributed by atoms with Crippen LogP contribution in [0.4, 0.5) is 4.39 Å². The summed E-state index contributed by atoms with van der Waals surface area (Å²) in [6.45, 7) is 1.34. The van der Waals surface area contributed by atoms with Crippen molar-refractivity contribution >= 4 is 0 Å². The Kier molecular flexibility index (Phi) is 6.16. The van der Waals surface area contributed by atoms with Crippen LogP contribution in [0.3, 0.4) is 0 Å². The third-order valence-electron chi connectivity index (χ3n) is 6.22. The molecule has 0 radical (unpaired) electrons. The van der Waals surface area contributed by atoms with Gasteiger partial charge in [0, 0.05) is 29.6 Å². The van der Waals surface area contributed by atoms with Gasteiger partial charge in [0.25, 0.3) is 0 Å². The van der Waals surface area contributed by atoms with Crippen molar-refractivity contribution in [3.8, 4) is 17.0 Å². The minimum Gasteiger partial charge on any atom is -0.497 e. The quantitative estimate of drug-likeness (QED) is 0.524. The van der Waals surface area contributed by atoms with Crippen LogP contribution in [0.1, 0.15) is 30.4 Å². The molecule has 5 nitrogen and oxygen atoms in total. The van der Waals surface area contributed by atoms with Crippen molar-refractivity contribution in [2.45, 2.75) is 38.3 Å². The summed E-state index contributed by atoms with van der Waals surface area (Å²) in [5, 5.41) is 21.6. The second-order valence-electron chi connectivity index (χ2n) is 8.18. The van der Waals surface area contributed by atoms with Crippen molar-refractivity contribution in [1.82, 2.24) is 15.5 Å². The van der Waals surface area contributed by atoms with Gasteiger partial charge in [-0.2, -0.15) is 5.10 Å². The topological polar surface area (TPSA) is 70.2 Å². The molecule has 0 amide bonds. The number of aromatic amines is 1. The maximum Gasteiger partial charge on any atom is 0.123 e. The summed E-state index contributed by atoms with van der Waals surface area (Å²) in [7, 11) is 1.65. The van der Waals surface area contributed by atoms with Gasteiger partial charge in [0.15, 0.2) is 0 Å². The lowest BCUT2D eigenvalue weighted by molar-refractivity contribution is 0.0519. The number of aromatic nitrogens is 2. The average Bonchev–Trinajstić information content (AvgIpc) is 3.37. The van der Waals surface area contributed by atoms with Crippen LogP contribution in [0, 0.1) is 11.2 Å². The number of rotatable bonds is 8. The van der Waals surface area contributed by atoms with E-state index in [-0.39, 0.29) is 17.3 Å². The summed E-state index contributed by atoms with van der Waals surface area (Å²) in [6, 6.07) is 14.5. The number of methoxy groups -OCH3 is 1. The zero-order chi connectivity index (χ0) is 21.0. The molecule has 1 aliphatic carbocycles. The molecule has 1 saturated carbocycles. The molecule has 158 valence electrons. The summed E-state index contributed by atoms with van der Waals surface area (Å²) in [4.78, 5) is 0. The second-order valence-corrected chi connectivity index (χ2v) is 8.18. The van der Waals surface area contributed by atoms with Crippen molar-refractivity contribution in [2.24, 2.45) is 5.41 Å². The van der Waals surface area contributed by atoms with Gasteiger partial charge in [-0.15, -0.1) is 0 Å². The Balaban J connectivity index is 1.44. The summed E-state index contributed by atoms with van der Waals surface area (Å²) in [5.41, 5.74) is 3.92. The van der Waals surface area contributed by atoms with Crippen LogP contribution >= 0.6 is 0 Å². The zero-order valence-electron chi connectivity index (χ0n) is 17.2. The molecule has 1 aromatic heterocycles. The van der Waals surface area contributed by atoms with E-state index in [2.05, 4.69) is 15.5 Å². The van der Waals surface area contributed by atoms with E-state index < -0.39 is 0 Å². The van der Waals surface area contributed by atoms with Crippen molar-refractivity contribution in [3.63, 3.8) is 0 Å². The monoisotopic (exact) mass is 409 g/mol. The van der Waals surface area contributed by atoms with Crippen LogP contribution < -0.4 is 10.1 Å². The highest BCUT2D eigenvalue weighted by Gasteiger charge is 2.41. The predicted molar refractivity (Wildman–Crippen MR) is 115 cm³/mol. The van der Waals surface area contributed by atoms with Crippen LogP contribution in [0.15, 0.2) is 54.7 Å². The molecule has 2 aromatic carbocycles. The lowest BCUT2D eigenvalue weighted by atomic mass is 9.78. The Hall–Kier alpha value is -2.70.